The van der Waals surface area contributed by atoms with E-state index < -0.39 is 28.5 Å². The number of benzene rings is 3. The zero-order valence-corrected chi connectivity index (χ0v) is 26.6. The first-order valence-electron chi connectivity index (χ1n) is 12.7. The molecule has 0 bridgehead atoms. The summed E-state index contributed by atoms with van der Waals surface area (Å²) < 4.78 is 26.7. The van der Waals surface area contributed by atoms with Gasteiger partial charge in [0.2, 0.25) is 21.8 Å². The fourth-order valence-corrected chi connectivity index (χ4v) is 5.52. The number of halogens is 4. The Balaban J connectivity index is 2.07. The molecule has 41 heavy (non-hydrogen) atoms. The SMILES string of the molecule is CC(C)CNC(=O)[C@@H](Cc1ccccc1)N(Cc1ccc(Cl)c(Cl)c1)C(=O)CN(c1ccc(Cl)c(Cl)c1)S(C)(=O)=O. The van der Waals surface area contributed by atoms with Gasteiger partial charge in [-0.1, -0.05) is 96.6 Å². The highest BCUT2D eigenvalue weighted by Crippen LogP contribution is 2.29. The molecule has 2 amide bonds. The highest BCUT2D eigenvalue weighted by atomic mass is 35.5. The average molecular weight is 659 g/mol. The van der Waals surface area contributed by atoms with Crippen molar-refractivity contribution in [2.45, 2.75) is 32.9 Å². The molecule has 3 aromatic carbocycles. The molecule has 0 spiro atoms. The summed E-state index contributed by atoms with van der Waals surface area (Å²) >= 11 is 24.6. The zero-order valence-electron chi connectivity index (χ0n) is 22.8. The Labute approximate surface area is 261 Å². The van der Waals surface area contributed by atoms with E-state index in [0.717, 1.165) is 16.1 Å². The Bertz CT molecular complexity index is 1490. The van der Waals surface area contributed by atoms with E-state index in [-0.39, 0.29) is 45.5 Å². The van der Waals surface area contributed by atoms with Crippen LogP contribution in [0.25, 0.3) is 0 Å². The number of amides is 2. The quantitative estimate of drug-likeness (QED) is 0.241. The molecule has 220 valence electrons. The molecule has 1 atom stereocenters. The lowest BCUT2D eigenvalue weighted by molar-refractivity contribution is -0.140. The molecule has 1 N–H and O–H groups in total. The zero-order chi connectivity index (χ0) is 30.3. The van der Waals surface area contributed by atoms with Crippen molar-refractivity contribution in [3.05, 3.63) is 97.9 Å². The minimum Gasteiger partial charge on any atom is -0.354 e. The fraction of sp³-hybridized carbons (Fsp3) is 0.310. The maximum atomic E-state index is 14.1. The highest BCUT2D eigenvalue weighted by Gasteiger charge is 2.33. The summed E-state index contributed by atoms with van der Waals surface area (Å²) in [6.45, 7) is 3.72. The topological polar surface area (TPSA) is 86.8 Å². The van der Waals surface area contributed by atoms with Crippen molar-refractivity contribution in [1.29, 1.82) is 0 Å². The van der Waals surface area contributed by atoms with Crippen molar-refractivity contribution in [2.24, 2.45) is 5.92 Å². The molecule has 0 aliphatic heterocycles. The largest absolute Gasteiger partial charge is 0.354 e. The van der Waals surface area contributed by atoms with Gasteiger partial charge >= 0.3 is 0 Å². The first-order valence-corrected chi connectivity index (χ1v) is 16.1. The van der Waals surface area contributed by atoms with E-state index in [1.807, 2.05) is 44.2 Å². The first kappa shape index (κ1) is 33.0. The molecular formula is C29H31Cl4N3O4S. The molecule has 0 unspecified atom stereocenters. The molecule has 3 aromatic rings. The number of carbonyl (C=O) groups excluding carboxylic acids is 2. The molecule has 12 heteroatoms. The Morgan fingerprint density at radius 2 is 1.44 bits per heavy atom. The molecule has 7 nitrogen and oxygen atoms in total. The molecule has 3 rings (SSSR count). The van der Waals surface area contributed by atoms with E-state index in [1.165, 1.54) is 23.1 Å². The smallest absolute Gasteiger partial charge is 0.244 e. The predicted octanol–water partition coefficient (Wildman–Crippen LogP) is 6.48. The van der Waals surface area contributed by atoms with Crippen molar-refractivity contribution in [3.8, 4) is 0 Å². The van der Waals surface area contributed by atoms with Gasteiger partial charge in [-0.25, -0.2) is 8.42 Å². The molecule has 0 aromatic heterocycles. The van der Waals surface area contributed by atoms with E-state index in [9.17, 15) is 18.0 Å². The van der Waals surface area contributed by atoms with E-state index in [4.69, 9.17) is 46.4 Å². The van der Waals surface area contributed by atoms with Gasteiger partial charge < -0.3 is 10.2 Å². The van der Waals surface area contributed by atoms with Crippen LogP contribution in [0.2, 0.25) is 20.1 Å². The summed E-state index contributed by atoms with van der Waals surface area (Å²) in [6.07, 6.45) is 1.19. The van der Waals surface area contributed by atoms with Crippen LogP contribution in [0.5, 0.6) is 0 Å². The lowest BCUT2D eigenvalue weighted by Gasteiger charge is -2.33. The van der Waals surface area contributed by atoms with Gasteiger partial charge in [0.05, 0.1) is 32.0 Å². The van der Waals surface area contributed by atoms with Crippen LogP contribution in [0.3, 0.4) is 0 Å². The number of hydrogen-bond acceptors (Lipinski definition) is 4. The van der Waals surface area contributed by atoms with Gasteiger partial charge in [-0.15, -0.1) is 0 Å². The third-order valence-electron chi connectivity index (χ3n) is 6.16. The van der Waals surface area contributed by atoms with E-state index in [1.54, 1.807) is 18.2 Å². The van der Waals surface area contributed by atoms with Crippen LogP contribution in [0.1, 0.15) is 25.0 Å². The van der Waals surface area contributed by atoms with Crippen LogP contribution in [-0.4, -0.2) is 50.5 Å². The molecule has 0 aliphatic carbocycles. The predicted molar refractivity (Wildman–Crippen MR) is 167 cm³/mol. The first-order chi connectivity index (χ1) is 19.3. The van der Waals surface area contributed by atoms with Crippen LogP contribution in [0.4, 0.5) is 5.69 Å². The van der Waals surface area contributed by atoms with Crippen LogP contribution in [0.15, 0.2) is 66.7 Å². The van der Waals surface area contributed by atoms with Gasteiger partial charge in [0.25, 0.3) is 0 Å². The Kier molecular flexibility index (Phi) is 11.8. The summed E-state index contributed by atoms with van der Waals surface area (Å²) in [5.41, 5.74) is 1.60. The van der Waals surface area contributed by atoms with Crippen LogP contribution >= 0.6 is 46.4 Å². The number of rotatable bonds is 12. The van der Waals surface area contributed by atoms with Crippen molar-refractivity contribution >= 4 is 73.9 Å². The number of carbonyl (C=O) groups is 2. The van der Waals surface area contributed by atoms with Gasteiger partial charge in [-0.3, -0.25) is 13.9 Å². The molecule has 0 radical (unpaired) electrons. The molecule has 0 saturated heterocycles. The van der Waals surface area contributed by atoms with Gasteiger partial charge in [-0.2, -0.15) is 0 Å². The van der Waals surface area contributed by atoms with Crippen LogP contribution in [0, 0.1) is 5.92 Å². The number of sulfonamides is 1. The van der Waals surface area contributed by atoms with Crippen molar-refractivity contribution in [1.82, 2.24) is 10.2 Å². The van der Waals surface area contributed by atoms with Crippen molar-refractivity contribution < 1.29 is 18.0 Å². The fourth-order valence-electron chi connectivity index (χ4n) is 4.07. The van der Waals surface area contributed by atoms with Crippen LogP contribution < -0.4 is 9.62 Å². The standard InChI is InChI=1S/C29H31Cl4N3O4S/c1-19(2)16-34-29(38)27(14-20-7-5-4-6-8-20)35(17-21-9-11-23(30)25(32)13-21)28(37)18-36(41(3,39)40)22-10-12-24(31)26(33)15-22/h4-13,15,19,27H,14,16-18H2,1-3H3,(H,34,38)/t27-/m1/s1. The Hall–Kier alpha value is -2.49. The normalized spacial score (nSPS) is 12.2. The number of hydrogen-bond donors (Lipinski definition) is 1. The highest BCUT2D eigenvalue weighted by molar-refractivity contribution is 7.92. The molecule has 0 heterocycles. The number of anilines is 1. The van der Waals surface area contributed by atoms with Gasteiger partial charge in [0.1, 0.15) is 12.6 Å². The minimum absolute atomic E-state index is 0.0265. The summed E-state index contributed by atoms with van der Waals surface area (Å²) in [5.74, 6) is -0.796. The Morgan fingerprint density at radius 1 is 0.829 bits per heavy atom. The van der Waals surface area contributed by atoms with Gasteiger partial charge in [0.15, 0.2) is 0 Å². The monoisotopic (exact) mass is 657 g/mol. The number of nitrogens with zero attached hydrogens (tertiary/aromatic N) is 2. The average Bonchev–Trinajstić information content (AvgIpc) is 2.91. The third kappa shape index (κ3) is 9.51. The van der Waals surface area contributed by atoms with Gasteiger partial charge in [-0.05, 0) is 47.4 Å². The minimum atomic E-state index is -3.94. The summed E-state index contributed by atoms with van der Waals surface area (Å²) in [4.78, 5) is 29.1. The van der Waals surface area contributed by atoms with E-state index in [2.05, 4.69) is 5.32 Å². The summed E-state index contributed by atoms with van der Waals surface area (Å²) in [6, 6.07) is 17.5. The maximum absolute atomic E-state index is 14.1. The van der Waals surface area contributed by atoms with Crippen molar-refractivity contribution in [3.63, 3.8) is 0 Å². The van der Waals surface area contributed by atoms with Crippen LogP contribution in [-0.2, 0) is 32.6 Å². The molecule has 0 saturated carbocycles. The van der Waals surface area contributed by atoms with E-state index in [0.29, 0.717) is 17.1 Å². The van der Waals surface area contributed by atoms with Gasteiger partial charge in [0, 0.05) is 19.5 Å². The van der Waals surface area contributed by atoms with Crippen molar-refractivity contribution in [2.75, 3.05) is 23.7 Å². The second kappa shape index (κ2) is 14.6. The molecule has 0 fully saturated rings. The summed E-state index contributed by atoms with van der Waals surface area (Å²) in [7, 11) is -3.94. The Morgan fingerprint density at radius 3 is 2.00 bits per heavy atom. The number of nitrogens with one attached hydrogen (secondary N) is 1. The third-order valence-corrected chi connectivity index (χ3v) is 8.78. The van der Waals surface area contributed by atoms with E-state index >= 15 is 0 Å². The summed E-state index contributed by atoms with van der Waals surface area (Å²) in [5, 5.41) is 3.92. The second-order valence-corrected chi connectivity index (χ2v) is 13.5. The molecular weight excluding hydrogens is 628 g/mol. The molecule has 0 aliphatic rings. The maximum Gasteiger partial charge on any atom is 0.244 e. The lowest BCUT2D eigenvalue weighted by Crippen LogP contribution is -2.53. The lowest BCUT2D eigenvalue weighted by atomic mass is 10.0. The second-order valence-electron chi connectivity index (χ2n) is 9.98.